The Bertz CT molecular complexity index is 1890. The Kier molecular flexibility index (Phi) is 9.20. The van der Waals surface area contributed by atoms with Gasteiger partial charge >= 0.3 is 12.1 Å². The minimum absolute atomic E-state index is 0.0499. The highest BCUT2D eigenvalue weighted by Gasteiger charge is 2.48. The minimum Gasteiger partial charge on any atom is -0.481 e. The first-order chi connectivity index (χ1) is 22.0. The van der Waals surface area contributed by atoms with Crippen LogP contribution >= 0.6 is 0 Å². The van der Waals surface area contributed by atoms with Gasteiger partial charge in [-0.2, -0.15) is 13.2 Å². The van der Waals surface area contributed by atoms with Crippen molar-refractivity contribution in [3.05, 3.63) is 82.1 Å². The van der Waals surface area contributed by atoms with Gasteiger partial charge in [-0.1, -0.05) is 61.5 Å². The van der Waals surface area contributed by atoms with Gasteiger partial charge in [-0.25, -0.2) is 8.78 Å². The van der Waals surface area contributed by atoms with Crippen molar-refractivity contribution in [3.63, 3.8) is 0 Å². The first-order valence-electron chi connectivity index (χ1n) is 15.4. The molecule has 1 aliphatic carbocycles. The van der Waals surface area contributed by atoms with Gasteiger partial charge in [0.2, 0.25) is 5.91 Å². The number of aromatic nitrogens is 1. The van der Waals surface area contributed by atoms with E-state index < -0.39 is 40.2 Å². The highest BCUT2D eigenvalue weighted by molar-refractivity contribution is 6.01. The molecule has 4 aromatic rings. The molecule has 1 saturated heterocycles. The number of fused-ring (bicyclic) bond motifs is 2. The lowest BCUT2D eigenvalue weighted by molar-refractivity contribution is -0.155. The molecular formula is C35H36F5N3O4. The molecule has 0 unspecified atom stereocenters. The molecule has 2 heterocycles. The molecule has 0 atom stereocenters. The third-order valence-corrected chi connectivity index (χ3v) is 9.52. The van der Waals surface area contributed by atoms with Crippen LogP contribution in [-0.4, -0.2) is 51.5 Å². The molecule has 1 aromatic heterocycles. The van der Waals surface area contributed by atoms with E-state index >= 15 is 0 Å². The van der Waals surface area contributed by atoms with Crippen LogP contribution in [0.1, 0.15) is 50.2 Å². The van der Waals surface area contributed by atoms with Gasteiger partial charge in [0, 0.05) is 30.3 Å². The molecule has 12 heteroatoms. The van der Waals surface area contributed by atoms with Crippen LogP contribution in [0.25, 0.3) is 32.8 Å². The van der Waals surface area contributed by atoms with E-state index in [1.165, 1.54) is 35.9 Å². The van der Waals surface area contributed by atoms with Gasteiger partial charge in [0.1, 0.15) is 0 Å². The molecule has 47 heavy (non-hydrogen) atoms. The fourth-order valence-electron chi connectivity index (χ4n) is 6.75. The molecule has 3 aromatic carbocycles. The monoisotopic (exact) mass is 657 g/mol. The Morgan fingerprint density at radius 1 is 0.936 bits per heavy atom. The van der Waals surface area contributed by atoms with E-state index in [0.29, 0.717) is 16.3 Å². The number of primary amides is 1. The van der Waals surface area contributed by atoms with Gasteiger partial charge < -0.3 is 15.4 Å². The second-order valence-corrected chi connectivity index (χ2v) is 12.8. The lowest BCUT2D eigenvalue weighted by atomic mass is 9.72. The van der Waals surface area contributed by atoms with Crippen molar-refractivity contribution < 1.29 is 36.6 Å². The molecule has 6 rings (SSSR count). The SMILES string of the molecule is CC1(C(N)=O)CCC(N2CC(F)(F)C2)CC1.Cn1c(=O)c(-c2cccc3c(CCC(=O)O)cccc23)c(C(F)(F)F)c2ccccc21. The predicted molar refractivity (Wildman–Crippen MR) is 169 cm³/mol. The number of alkyl halides is 5. The second kappa shape index (κ2) is 12.7. The maximum atomic E-state index is 14.3. The van der Waals surface area contributed by atoms with Gasteiger partial charge in [0.05, 0.1) is 29.7 Å². The fraction of sp³-hybridized carbons (Fsp3) is 0.400. The highest BCUT2D eigenvalue weighted by atomic mass is 19.4. The van der Waals surface area contributed by atoms with Gasteiger partial charge in [0.15, 0.2) is 0 Å². The lowest BCUT2D eigenvalue weighted by Crippen LogP contribution is -2.61. The molecule has 0 spiro atoms. The number of benzene rings is 3. The number of carbonyl (C=O) groups excluding carboxylic acids is 1. The Balaban J connectivity index is 0.000000227. The van der Waals surface area contributed by atoms with E-state index in [0.717, 1.165) is 25.7 Å². The standard InChI is InChI=1S/C24H18F3NO3.C11H18F2N2O/c1-28-19-11-3-2-7-18(19)22(24(25,26)27)21(23(28)31)17-10-5-8-15-14(12-13-20(29)30)6-4-9-16(15)17;1-10(9(14)16)4-2-8(3-5-10)15-6-11(12,13)7-15/h2-11H,12-13H2,1H3,(H,29,30);8H,2-7H2,1H3,(H2,14,16). The molecule has 1 saturated carbocycles. The topological polar surface area (TPSA) is 106 Å². The summed E-state index contributed by atoms with van der Waals surface area (Å²) in [6, 6.07) is 16.1. The number of halogens is 5. The smallest absolute Gasteiger partial charge is 0.417 e. The number of hydrogen-bond donors (Lipinski definition) is 2. The Hall–Kier alpha value is -4.32. The van der Waals surface area contributed by atoms with Crippen molar-refractivity contribution in [2.24, 2.45) is 18.2 Å². The number of likely N-dealkylation sites (tertiary alicyclic amines) is 1. The van der Waals surface area contributed by atoms with E-state index in [-0.39, 0.29) is 54.3 Å². The van der Waals surface area contributed by atoms with E-state index in [4.69, 9.17) is 10.8 Å². The quantitative estimate of drug-likeness (QED) is 0.223. The molecule has 1 aliphatic heterocycles. The zero-order valence-electron chi connectivity index (χ0n) is 26.0. The largest absolute Gasteiger partial charge is 0.481 e. The van der Waals surface area contributed by atoms with Gasteiger partial charge in [-0.15, -0.1) is 0 Å². The number of amides is 1. The number of rotatable bonds is 6. The summed E-state index contributed by atoms with van der Waals surface area (Å²) in [5, 5.41) is 10.1. The highest BCUT2D eigenvalue weighted by Crippen LogP contribution is 2.43. The number of nitrogens with zero attached hydrogens (tertiary/aromatic N) is 2. The number of carbonyl (C=O) groups is 2. The average molecular weight is 658 g/mol. The number of pyridine rings is 1. The van der Waals surface area contributed by atoms with Crippen LogP contribution in [0.5, 0.6) is 0 Å². The maximum Gasteiger partial charge on any atom is 0.417 e. The van der Waals surface area contributed by atoms with E-state index in [1.54, 1.807) is 36.4 Å². The molecule has 7 nitrogen and oxygen atoms in total. The molecule has 2 fully saturated rings. The first kappa shape index (κ1) is 34.0. The van der Waals surface area contributed by atoms with Crippen LogP contribution in [0.4, 0.5) is 22.0 Å². The normalized spacial score (nSPS) is 21.1. The second-order valence-electron chi connectivity index (χ2n) is 12.8. The van der Waals surface area contributed by atoms with Crippen LogP contribution in [-0.2, 0) is 29.2 Å². The molecule has 0 bridgehead atoms. The number of aryl methyl sites for hydroxylation is 2. The van der Waals surface area contributed by atoms with Crippen LogP contribution in [0.15, 0.2) is 65.5 Å². The van der Waals surface area contributed by atoms with Crippen molar-refractivity contribution in [2.75, 3.05) is 13.1 Å². The van der Waals surface area contributed by atoms with Crippen LogP contribution in [0, 0.1) is 5.41 Å². The van der Waals surface area contributed by atoms with Crippen LogP contribution < -0.4 is 11.3 Å². The summed E-state index contributed by atoms with van der Waals surface area (Å²) >= 11 is 0. The fourth-order valence-corrected chi connectivity index (χ4v) is 6.75. The third kappa shape index (κ3) is 6.88. The Morgan fingerprint density at radius 3 is 2.13 bits per heavy atom. The predicted octanol–water partition coefficient (Wildman–Crippen LogP) is 6.77. The molecule has 250 valence electrons. The third-order valence-electron chi connectivity index (χ3n) is 9.52. The Labute approximate surface area is 267 Å². The van der Waals surface area contributed by atoms with Gasteiger partial charge in [0.25, 0.3) is 11.5 Å². The molecule has 1 amide bonds. The molecule has 0 radical (unpaired) electrons. The van der Waals surface area contributed by atoms with E-state index in [1.807, 2.05) is 11.8 Å². The summed E-state index contributed by atoms with van der Waals surface area (Å²) in [5.41, 5.74) is 3.88. The summed E-state index contributed by atoms with van der Waals surface area (Å²) in [5.74, 6) is -3.72. The minimum atomic E-state index is -4.74. The first-order valence-corrected chi connectivity index (χ1v) is 15.4. The number of aliphatic carboxylic acids is 1. The van der Waals surface area contributed by atoms with Gasteiger partial charge in [-0.05, 0) is 60.1 Å². The van der Waals surface area contributed by atoms with Crippen LogP contribution in [0.3, 0.4) is 0 Å². The average Bonchev–Trinajstić information content (AvgIpc) is 3.00. The number of carboxylic acid groups (broad SMARTS) is 1. The van der Waals surface area contributed by atoms with Crippen molar-refractivity contribution in [3.8, 4) is 11.1 Å². The number of hydrogen-bond acceptors (Lipinski definition) is 4. The lowest BCUT2D eigenvalue weighted by Gasteiger charge is -2.47. The van der Waals surface area contributed by atoms with Crippen molar-refractivity contribution in [1.29, 1.82) is 0 Å². The Morgan fingerprint density at radius 2 is 1.53 bits per heavy atom. The zero-order chi connectivity index (χ0) is 34.3. The van der Waals surface area contributed by atoms with Gasteiger partial charge in [-0.3, -0.25) is 19.3 Å². The van der Waals surface area contributed by atoms with Crippen LogP contribution in [0.2, 0.25) is 0 Å². The van der Waals surface area contributed by atoms with E-state index in [9.17, 15) is 36.3 Å². The summed E-state index contributed by atoms with van der Waals surface area (Å²) in [6.45, 7) is 1.63. The van der Waals surface area contributed by atoms with E-state index in [2.05, 4.69) is 0 Å². The number of nitrogens with two attached hydrogens (primary N) is 1. The molecule has 3 N–H and O–H groups in total. The molecule has 2 aliphatic rings. The number of para-hydroxylation sites is 1. The summed E-state index contributed by atoms with van der Waals surface area (Å²) in [7, 11) is 1.46. The van der Waals surface area contributed by atoms with Crippen molar-refractivity contribution >= 4 is 33.6 Å². The zero-order valence-corrected chi connectivity index (χ0v) is 26.0. The van der Waals surface area contributed by atoms with Crippen molar-refractivity contribution in [2.45, 2.75) is 63.6 Å². The summed E-state index contributed by atoms with van der Waals surface area (Å²) < 4.78 is 69.4. The number of carboxylic acids is 1. The maximum absolute atomic E-state index is 14.3. The molecular weight excluding hydrogens is 621 g/mol. The summed E-state index contributed by atoms with van der Waals surface area (Å²) in [4.78, 5) is 37.2. The van der Waals surface area contributed by atoms with Crippen molar-refractivity contribution in [1.82, 2.24) is 9.47 Å². The summed E-state index contributed by atoms with van der Waals surface area (Å²) in [6.07, 6.45) is -1.58.